The van der Waals surface area contributed by atoms with Crippen LogP contribution in [0.1, 0.15) is 30.5 Å². The summed E-state index contributed by atoms with van der Waals surface area (Å²) >= 11 is 0. The van der Waals surface area contributed by atoms with E-state index in [1.165, 1.54) is 19.3 Å². The largest absolute Gasteiger partial charge is 0.299 e. The van der Waals surface area contributed by atoms with E-state index in [9.17, 15) is 0 Å². The fourth-order valence-electron chi connectivity index (χ4n) is 2.03. The van der Waals surface area contributed by atoms with E-state index in [1.54, 1.807) is 6.20 Å². The van der Waals surface area contributed by atoms with E-state index < -0.39 is 0 Å². The first kappa shape index (κ1) is 10.1. The first-order valence-electron chi connectivity index (χ1n) is 5.46. The molecule has 3 heteroatoms. The first-order chi connectivity index (χ1) is 7.40. The Morgan fingerprint density at radius 2 is 2.13 bits per heavy atom. The van der Waals surface area contributed by atoms with Crippen LogP contribution in [-0.4, -0.2) is 23.0 Å². The van der Waals surface area contributed by atoms with Crippen LogP contribution in [0.4, 0.5) is 0 Å². The van der Waals surface area contributed by atoms with Gasteiger partial charge in [0.15, 0.2) is 0 Å². The highest BCUT2D eigenvalue weighted by Crippen LogP contribution is 2.14. The molecule has 0 atom stereocenters. The van der Waals surface area contributed by atoms with Crippen molar-refractivity contribution in [3.63, 3.8) is 0 Å². The highest BCUT2D eigenvalue weighted by atomic mass is 15.1. The molecule has 0 unspecified atom stereocenters. The van der Waals surface area contributed by atoms with Gasteiger partial charge in [0.2, 0.25) is 0 Å². The van der Waals surface area contributed by atoms with E-state index >= 15 is 0 Å². The van der Waals surface area contributed by atoms with Crippen LogP contribution in [0.15, 0.2) is 18.3 Å². The van der Waals surface area contributed by atoms with Gasteiger partial charge in [0.05, 0.1) is 0 Å². The zero-order chi connectivity index (χ0) is 10.5. The highest BCUT2D eigenvalue weighted by Gasteiger charge is 2.12. The minimum Gasteiger partial charge on any atom is -0.299 e. The predicted octanol–water partition coefficient (Wildman–Crippen LogP) is 1.94. The number of hydrogen-bond donors (Lipinski definition) is 0. The molecule has 0 saturated carbocycles. The van der Waals surface area contributed by atoms with Gasteiger partial charge in [-0.05, 0) is 32.0 Å². The van der Waals surface area contributed by atoms with Crippen LogP contribution >= 0.6 is 0 Å². The lowest BCUT2D eigenvalue weighted by molar-refractivity contribution is 0.220. The SMILES string of the molecule is N#Cc1ncccc1CN1CCCCC1. The van der Waals surface area contributed by atoms with Gasteiger partial charge in [0.25, 0.3) is 0 Å². The topological polar surface area (TPSA) is 39.9 Å². The maximum atomic E-state index is 8.92. The number of aromatic nitrogens is 1. The third-order valence-corrected chi connectivity index (χ3v) is 2.84. The van der Waals surface area contributed by atoms with Gasteiger partial charge in [-0.2, -0.15) is 5.26 Å². The summed E-state index contributed by atoms with van der Waals surface area (Å²) in [5.74, 6) is 0. The number of pyridine rings is 1. The van der Waals surface area contributed by atoms with Crippen molar-refractivity contribution in [2.24, 2.45) is 0 Å². The molecule has 0 amide bonds. The molecule has 0 aliphatic carbocycles. The van der Waals surface area contributed by atoms with E-state index in [4.69, 9.17) is 5.26 Å². The quantitative estimate of drug-likeness (QED) is 0.734. The fourth-order valence-corrected chi connectivity index (χ4v) is 2.03. The third-order valence-electron chi connectivity index (χ3n) is 2.84. The van der Waals surface area contributed by atoms with Crippen molar-refractivity contribution in [2.75, 3.05) is 13.1 Å². The number of hydrogen-bond acceptors (Lipinski definition) is 3. The zero-order valence-corrected chi connectivity index (χ0v) is 8.82. The average molecular weight is 201 g/mol. The molecule has 15 heavy (non-hydrogen) atoms. The molecule has 1 saturated heterocycles. The van der Waals surface area contributed by atoms with Crippen LogP contribution < -0.4 is 0 Å². The number of rotatable bonds is 2. The summed E-state index contributed by atoms with van der Waals surface area (Å²) in [4.78, 5) is 6.48. The normalized spacial score (nSPS) is 17.3. The van der Waals surface area contributed by atoms with Gasteiger partial charge < -0.3 is 0 Å². The second-order valence-electron chi connectivity index (χ2n) is 3.96. The average Bonchev–Trinajstić information content (AvgIpc) is 2.31. The second-order valence-corrected chi connectivity index (χ2v) is 3.96. The minimum atomic E-state index is 0.572. The molecule has 78 valence electrons. The van der Waals surface area contributed by atoms with Gasteiger partial charge in [0.1, 0.15) is 11.8 Å². The zero-order valence-electron chi connectivity index (χ0n) is 8.82. The van der Waals surface area contributed by atoms with E-state index in [2.05, 4.69) is 16.0 Å². The summed E-state index contributed by atoms with van der Waals surface area (Å²) in [6.45, 7) is 3.18. The fraction of sp³-hybridized carbons (Fsp3) is 0.500. The van der Waals surface area contributed by atoms with Crippen molar-refractivity contribution < 1.29 is 0 Å². The molecule has 1 fully saturated rings. The van der Waals surface area contributed by atoms with E-state index in [1.807, 2.05) is 12.1 Å². The summed E-state index contributed by atoms with van der Waals surface area (Å²) < 4.78 is 0. The Morgan fingerprint density at radius 3 is 2.87 bits per heavy atom. The van der Waals surface area contributed by atoms with Crippen molar-refractivity contribution >= 4 is 0 Å². The predicted molar refractivity (Wildman–Crippen MR) is 58.1 cm³/mol. The summed E-state index contributed by atoms with van der Waals surface area (Å²) in [5.41, 5.74) is 1.63. The van der Waals surface area contributed by atoms with Crippen molar-refractivity contribution in [2.45, 2.75) is 25.8 Å². The first-order valence-corrected chi connectivity index (χ1v) is 5.46. The molecule has 3 nitrogen and oxygen atoms in total. The highest BCUT2D eigenvalue weighted by molar-refractivity contribution is 5.30. The van der Waals surface area contributed by atoms with Gasteiger partial charge in [-0.25, -0.2) is 4.98 Å². The number of nitrogens with zero attached hydrogens (tertiary/aromatic N) is 3. The van der Waals surface area contributed by atoms with Gasteiger partial charge in [0, 0.05) is 18.3 Å². The van der Waals surface area contributed by atoms with Crippen LogP contribution in [0, 0.1) is 11.3 Å². The Hall–Kier alpha value is -1.40. The molecule has 0 spiro atoms. The summed E-state index contributed by atoms with van der Waals surface area (Å²) in [6, 6.07) is 6.05. The van der Waals surface area contributed by atoms with E-state index in [0.29, 0.717) is 5.69 Å². The summed E-state index contributed by atoms with van der Waals surface area (Å²) in [7, 11) is 0. The molecular formula is C12H15N3. The van der Waals surface area contributed by atoms with Gasteiger partial charge in [-0.1, -0.05) is 12.5 Å². The Kier molecular flexibility index (Phi) is 3.31. The lowest BCUT2D eigenvalue weighted by Gasteiger charge is -2.26. The Bertz CT molecular complexity index is 361. The summed E-state index contributed by atoms with van der Waals surface area (Å²) in [6.07, 6.45) is 5.58. The summed E-state index contributed by atoms with van der Waals surface area (Å²) in [5, 5.41) is 8.92. The van der Waals surface area contributed by atoms with Crippen molar-refractivity contribution in [1.82, 2.24) is 9.88 Å². The number of piperidine rings is 1. The van der Waals surface area contributed by atoms with Crippen LogP contribution in [0.5, 0.6) is 0 Å². The maximum absolute atomic E-state index is 8.92. The minimum absolute atomic E-state index is 0.572. The van der Waals surface area contributed by atoms with Crippen molar-refractivity contribution in [1.29, 1.82) is 5.26 Å². The van der Waals surface area contributed by atoms with Gasteiger partial charge >= 0.3 is 0 Å². The van der Waals surface area contributed by atoms with Crippen LogP contribution in [-0.2, 0) is 6.54 Å². The van der Waals surface area contributed by atoms with Crippen LogP contribution in [0.3, 0.4) is 0 Å². The smallest absolute Gasteiger partial charge is 0.144 e. The monoisotopic (exact) mass is 201 g/mol. The lowest BCUT2D eigenvalue weighted by atomic mass is 10.1. The number of nitriles is 1. The number of likely N-dealkylation sites (tertiary alicyclic amines) is 1. The maximum Gasteiger partial charge on any atom is 0.144 e. The molecule has 2 heterocycles. The molecule has 0 radical (unpaired) electrons. The van der Waals surface area contributed by atoms with Gasteiger partial charge in [-0.15, -0.1) is 0 Å². The molecule has 1 aromatic heterocycles. The lowest BCUT2D eigenvalue weighted by Crippen LogP contribution is -2.29. The van der Waals surface area contributed by atoms with Crippen LogP contribution in [0.25, 0.3) is 0 Å². The van der Waals surface area contributed by atoms with Crippen molar-refractivity contribution in [3.05, 3.63) is 29.6 Å². The Morgan fingerprint density at radius 1 is 1.33 bits per heavy atom. The molecule has 2 rings (SSSR count). The molecule has 1 aliphatic rings. The van der Waals surface area contributed by atoms with Crippen molar-refractivity contribution in [3.8, 4) is 6.07 Å². The Labute approximate surface area is 90.4 Å². The molecular weight excluding hydrogens is 186 g/mol. The molecule has 1 aliphatic heterocycles. The van der Waals surface area contributed by atoms with Gasteiger partial charge in [-0.3, -0.25) is 4.90 Å². The van der Waals surface area contributed by atoms with E-state index in [0.717, 1.165) is 25.2 Å². The third kappa shape index (κ3) is 2.54. The molecule has 0 bridgehead atoms. The Balaban J connectivity index is 2.06. The standard InChI is InChI=1S/C12H15N3/c13-9-12-11(5-4-6-14-12)10-15-7-2-1-3-8-15/h4-6H,1-3,7-8,10H2. The second kappa shape index (κ2) is 4.90. The van der Waals surface area contributed by atoms with Crippen LogP contribution in [0.2, 0.25) is 0 Å². The molecule has 0 N–H and O–H groups in total. The molecule has 1 aromatic rings. The van der Waals surface area contributed by atoms with E-state index in [-0.39, 0.29) is 0 Å². The molecule has 0 aromatic carbocycles.